The van der Waals surface area contributed by atoms with E-state index in [0.717, 1.165) is 0 Å². The molecular weight excluding hydrogens is 198 g/mol. The summed E-state index contributed by atoms with van der Waals surface area (Å²) >= 11 is 0. The highest BCUT2D eigenvalue weighted by Crippen LogP contribution is 2.30. The number of carboxylic acid groups (broad SMARTS) is 1. The average molecular weight is 210 g/mol. The Morgan fingerprint density at radius 2 is 2.21 bits per heavy atom. The second-order valence-corrected chi connectivity index (χ2v) is 3.66. The fourth-order valence-corrected chi connectivity index (χ4v) is 1.24. The minimum absolute atomic E-state index is 0.00410. The van der Waals surface area contributed by atoms with Crippen molar-refractivity contribution < 1.29 is 28.2 Å². The van der Waals surface area contributed by atoms with E-state index < -0.39 is 30.2 Å². The molecule has 1 unspecified atom stereocenters. The molecule has 0 aromatic carbocycles. The van der Waals surface area contributed by atoms with Crippen molar-refractivity contribution in [3.8, 4) is 0 Å². The van der Waals surface area contributed by atoms with Crippen LogP contribution in [-0.4, -0.2) is 35.5 Å². The second-order valence-electron chi connectivity index (χ2n) is 3.66. The molecule has 0 spiro atoms. The van der Waals surface area contributed by atoms with Gasteiger partial charge in [0.1, 0.15) is 0 Å². The van der Waals surface area contributed by atoms with E-state index in [2.05, 4.69) is 0 Å². The van der Waals surface area contributed by atoms with Crippen molar-refractivity contribution >= 4 is 5.97 Å². The van der Waals surface area contributed by atoms with Crippen molar-refractivity contribution in [3.05, 3.63) is 0 Å². The Hall–Kier alpha value is -0.750. The van der Waals surface area contributed by atoms with E-state index in [1.54, 1.807) is 13.8 Å². The first kappa shape index (κ1) is 11.3. The van der Waals surface area contributed by atoms with Crippen LogP contribution >= 0.6 is 0 Å². The molecule has 4 nitrogen and oxygen atoms in total. The van der Waals surface area contributed by atoms with Crippen LogP contribution in [0.15, 0.2) is 0 Å². The standard InChI is InChI=1S/C8H12F2O4/c1-7(2)13-4-5(14-7)3-8(9,10)6(11)12/h5H,3-4H2,1-2H3,(H,11,12). The zero-order valence-corrected chi connectivity index (χ0v) is 7.92. The average Bonchev–Trinajstić information content (AvgIpc) is 2.28. The highest BCUT2D eigenvalue weighted by Gasteiger charge is 2.45. The van der Waals surface area contributed by atoms with Gasteiger partial charge in [0, 0.05) is 0 Å². The Labute approximate surface area is 79.8 Å². The van der Waals surface area contributed by atoms with Gasteiger partial charge in [-0.15, -0.1) is 0 Å². The van der Waals surface area contributed by atoms with Gasteiger partial charge in [-0.3, -0.25) is 0 Å². The van der Waals surface area contributed by atoms with E-state index in [1.807, 2.05) is 0 Å². The highest BCUT2D eigenvalue weighted by molar-refractivity contribution is 5.75. The lowest BCUT2D eigenvalue weighted by Crippen LogP contribution is -2.34. The summed E-state index contributed by atoms with van der Waals surface area (Å²) in [7, 11) is 0. The predicted octanol–water partition coefficient (Wildman–Crippen LogP) is 1.25. The van der Waals surface area contributed by atoms with Crippen molar-refractivity contribution in [1.29, 1.82) is 0 Å². The van der Waals surface area contributed by atoms with Gasteiger partial charge in [-0.2, -0.15) is 8.78 Å². The molecule has 0 aliphatic carbocycles. The third-order valence-corrected chi connectivity index (χ3v) is 1.86. The van der Waals surface area contributed by atoms with Crippen LogP contribution in [0, 0.1) is 0 Å². The maximum atomic E-state index is 12.7. The number of hydrogen-bond acceptors (Lipinski definition) is 3. The van der Waals surface area contributed by atoms with Gasteiger partial charge in [0.2, 0.25) is 0 Å². The quantitative estimate of drug-likeness (QED) is 0.761. The molecule has 1 aliphatic heterocycles. The molecule has 0 saturated carbocycles. The van der Waals surface area contributed by atoms with Crippen molar-refractivity contribution in [2.45, 2.75) is 38.1 Å². The summed E-state index contributed by atoms with van der Waals surface area (Å²) in [5.74, 6) is -6.79. The van der Waals surface area contributed by atoms with Crippen molar-refractivity contribution in [2.75, 3.05) is 6.61 Å². The van der Waals surface area contributed by atoms with E-state index >= 15 is 0 Å². The second kappa shape index (κ2) is 3.43. The Balaban J connectivity index is 2.51. The summed E-state index contributed by atoms with van der Waals surface area (Å²) in [5, 5.41) is 8.19. The van der Waals surface area contributed by atoms with Crippen molar-refractivity contribution in [2.24, 2.45) is 0 Å². The monoisotopic (exact) mass is 210 g/mol. The van der Waals surface area contributed by atoms with Crippen LogP contribution in [0.4, 0.5) is 8.78 Å². The molecule has 1 saturated heterocycles. The van der Waals surface area contributed by atoms with Gasteiger partial charge in [-0.1, -0.05) is 0 Å². The molecule has 1 N–H and O–H groups in total. The molecule has 0 aromatic rings. The van der Waals surface area contributed by atoms with Crippen molar-refractivity contribution in [1.82, 2.24) is 0 Å². The summed E-state index contributed by atoms with van der Waals surface area (Å²) in [6.07, 6.45) is -1.72. The molecule has 0 amide bonds. The molecule has 0 radical (unpaired) electrons. The molecule has 82 valence electrons. The van der Waals surface area contributed by atoms with Gasteiger partial charge >= 0.3 is 11.9 Å². The number of alkyl halides is 2. The Kier molecular flexibility index (Phi) is 2.78. The zero-order chi connectivity index (χ0) is 11.0. The number of carbonyl (C=O) groups is 1. The van der Waals surface area contributed by atoms with Gasteiger partial charge in [0.05, 0.1) is 19.1 Å². The van der Waals surface area contributed by atoms with Crippen molar-refractivity contribution in [3.63, 3.8) is 0 Å². The summed E-state index contributed by atoms with van der Waals surface area (Å²) in [6.45, 7) is 3.17. The summed E-state index contributed by atoms with van der Waals surface area (Å²) in [5.41, 5.74) is 0. The number of halogens is 2. The van der Waals surface area contributed by atoms with Crippen LogP contribution in [0.1, 0.15) is 20.3 Å². The van der Waals surface area contributed by atoms with Crippen LogP contribution in [0.25, 0.3) is 0 Å². The molecule has 1 fully saturated rings. The van der Waals surface area contributed by atoms with Gasteiger partial charge in [-0.25, -0.2) is 4.79 Å². The fraction of sp³-hybridized carbons (Fsp3) is 0.875. The molecule has 6 heteroatoms. The van der Waals surface area contributed by atoms with E-state index in [-0.39, 0.29) is 6.61 Å². The maximum Gasteiger partial charge on any atom is 0.374 e. The maximum absolute atomic E-state index is 12.7. The van der Waals surface area contributed by atoms with E-state index in [0.29, 0.717) is 0 Å². The van der Waals surface area contributed by atoms with Gasteiger partial charge in [0.25, 0.3) is 0 Å². The zero-order valence-electron chi connectivity index (χ0n) is 7.92. The first-order valence-electron chi connectivity index (χ1n) is 4.16. The number of carboxylic acids is 1. The number of hydrogen-bond donors (Lipinski definition) is 1. The van der Waals surface area contributed by atoms with Gasteiger partial charge < -0.3 is 14.6 Å². The van der Waals surface area contributed by atoms with E-state index in [9.17, 15) is 13.6 Å². The molecule has 1 atom stereocenters. The van der Waals surface area contributed by atoms with Gasteiger partial charge in [-0.05, 0) is 13.8 Å². The van der Waals surface area contributed by atoms with Gasteiger partial charge in [0.15, 0.2) is 5.79 Å². The molecule has 0 bridgehead atoms. The number of rotatable bonds is 3. The van der Waals surface area contributed by atoms with Crippen LogP contribution in [-0.2, 0) is 14.3 Å². The molecule has 14 heavy (non-hydrogen) atoms. The Morgan fingerprint density at radius 3 is 2.57 bits per heavy atom. The lowest BCUT2D eigenvalue weighted by molar-refractivity contribution is -0.175. The SMILES string of the molecule is CC1(C)OCC(CC(F)(F)C(=O)O)O1. The first-order valence-corrected chi connectivity index (χ1v) is 4.16. The van der Waals surface area contributed by atoms with E-state index in [1.165, 1.54) is 0 Å². The predicted molar refractivity (Wildman–Crippen MR) is 42.1 cm³/mol. The van der Waals surface area contributed by atoms with E-state index in [4.69, 9.17) is 14.6 Å². The highest BCUT2D eigenvalue weighted by atomic mass is 19.3. The summed E-state index contributed by atoms with van der Waals surface area (Å²) in [6, 6.07) is 0. The molecule has 1 aliphatic rings. The van der Waals surface area contributed by atoms with Crippen LogP contribution < -0.4 is 0 Å². The lowest BCUT2D eigenvalue weighted by Gasteiger charge is -2.18. The normalized spacial score (nSPS) is 26.4. The summed E-state index contributed by atoms with van der Waals surface area (Å²) < 4.78 is 35.5. The smallest absolute Gasteiger partial charge is 0.374 e. The lowest BCUT2D eigenvalue weighted by atomic mass is 10.1. The minimum atomic E-state index is -3.76. The molecule has 0 aromatic heterocycles. The minimum Gasteiger partial charge on any atom is -0.477 e. The van der Waals surface area contributed by atoms with Crippen LogP contribution in [0.5, 0.6) is 0 Å². The topological polar surface area (TPSA) is 55.8 Å². The number of aliphatic carboxylic acids is 1. The van der Waals surface area contributed by atoms with Crippen LogP contribution in [0.3, 0.4) is 0 Å². The molecule has 1 heterocycles. The largest absolute Gasteiger partial charge is 0.477 e. The third-order valence-electron chi connectivity index (χ3n) is 1.86. The number of ether oxygens (including phenoxy) is 2. The third kappa shape index (κ3) is 2.62. The van der Waals surface area contributed by atoms with Crippen LogP contribution in [0.2, 0.25) is 0 Å². The first-order chi connectivity index (χ1) is 6.23. The summed E-state index contributed by atoms with van der Waals surface area (Å²) in [4.78, 5) is 10.1. The molecule has 1 rings (SSSR count). The Bertz CT molecular complexity index is 239. The Morgan fingerprint density at radius 1 is 1.64 bits per heavy atom. The fourth-order valence-electron chi connectivity index (χ4n) is 1.24. The molecular formula is C8H12F2O4.